The second-order valence-corrected chi connectivity index (χ2v) is 13.6. The molecule has 21 heteroatoms. The number of hydrogen-bond donors (Lipinski definition) is 6. The zero-order valence-corrected chi connectivity index (χ0v) is 26.5. The van der Waals surface area contributed by atoms with Gasteiger partial charge in [-0.15, -0.1) is 16.7 Å². The van der Waals surface area contributed by atoms with Crippen molar-refractivity contribution in [1.29, 1.82) is 0 Å². The van der Waals surface area contributed by atoms with E-state index in [0.29, 0.717) is 33.5 Å². The molecule has 9 N–H and O–H groups in total. The van der Waals surface area contributed by atoms with E-state index in [0.717, 1.165) is 16.4 Å². The number of pyridine rings is 1. The first-order valence-electron chi connectivity index (χ1n) is 13.2. The molecule has 240 valence electrons. The average molecular weight is 697 g/mol. The van der Waals surface area contributed by atoms with Gasteiger partial charge in [0.05, 0.1) is 11.7 Å². The number of carboxylic acids is 1. The number of carboxylic acid groups (broad SMARTS) is 1. The first-order chi connectivity index (χ1) is 21.5. The van der Waals surface area contributed by atoms with Gasteiger partial charge in [0.2, 0.25) is 17.9 Å². The Morgan fingerprint density at radius 1 is 1.27 bits per heavy atom. The Bertz CT molecular complexity index is 1520. The predicted molar refractivity (Wildman–Crippen MR) is 168 cm³/mol. The maximum atomic E-state index is 13.1. The van der Waals surface area contributed by atoms with Gasteiger partial charge in [-0.25, -0.2) is 9.78 Å². The lowest BCUT2D eigenvalue weighted by atomic mass is 10.0. The summed E-state index contributed by atoms with van der Waals surface area (Å²) < 4.78 is 3.83. The number of amides is 4. The van der Waals surface area contributed by atoms with Crippen LogP contribution < -0.4 is 27.8 Å². The molecule has 1 fully saturated rings. The number of rotatable bonds is 16. The van der Waals surface area contributed by atoms with Gasteiger partial charge in [-0.05, 0) is 23.7 Å². The maximum absolute atomic E-state index is 13.1. The van der Waals surface area contributed by atoms with Gasteiger partial charge in [0.15, 0.2) is 11.0 Å². The molecule has 4 rings (SSSR count). The lowest BCUT2D eigenvalue weighted by Crippen LogP contribution is -2.70. The van der Waals surface area contributed by atoms with Gasteiger partial charge < -0.3 is 32.9 Å². The molecule has 17 nitrogen and oxygen atoms in total. The number of nitrogens with two attached hydrogens (primary N) is 3. The van der Waals surface area contributed by atoms with Crippen LogP contribution in [0.5, 0.6) is 0 Å². The largest absolute Gasteiger partial charge is 0.477 e. The van der Waals surface area contributed by atoms with Crippen LogP contribution in [0.2, 0.25) is 0 Å². The number of aliphatic carboxylic acids is 1. The van der Waals surface area contributed by atoms with E-state index in [-0.39, 0.29) is 41.2 Å². The highest BCUT2D eigenvalue weighted by Crippen LogP contribution is 2.45. The summed E-state index contributed by atoms with van der Waals surface area (Å²) in [5.41, 5.74) is 16.9. The number of hydrogen-bond acceptors (Lipinski definition) is 16. The summed E-state index contributed by atoms with van der Waals surface area (Å²) in [5.74, 6) is -2.72. The molecule has 2 aromatic heterocycles. The number of aromatic nitrogens is 3. The monoisotopic (exact) mass is 696 g/mol. The summed E-state index contributed by atoms with van der Waals surface area (Å²) in [4.78, 5) is 82.9. The van der Waals surface area contributed by atoms with Gasteiger partial charge in [-0.2, -0.15) is 16.1 Å². The standard InChI is InChI=1S/C24H28N10O7S4/c25-10(3-4-14(26)35)19(36)29-6-7-42-8-11-12(2-1-5-28-11)44-13-9-43-22-16(21(38)34(22)17(13)23(39)40)30-20(37)15(32-41)18-31-24(27)45-33-18/h1-2,5,10,15-16,22H,3-4,6-9,25H2,(H2,26,35)(H,29,36)(H,30,37)(H,39,40)(H2,27,31,33)/t10-,15?,16+,22-/m0/s1. The number of nitroso groups, excluding NO2 is 1. The molecule has 0 aromatic carbocycles. The van der Waals surface area contributed by atoms with Crippen molar-refractivity contribution in [3.8, 4) is 0 Å². The molecular formula is C24H28N10O7S4. The number of nitrogen functional groups attached to an aromatic ring is 1. The molecule has 2 aliphatic rings. The number of primary amides is 1. The number of anilines is 1. The molecule has 45 heavy (non-hydrogen) atoms. The molecule has 0 radical (unpaired) electrons. The molecule has 0 bridgehead atoms. The Morgan fingerprint density at radius 2 is 2.04 bits per heavy atom. The summed E-state index contributed by atoms with van der Waals surface area (Å²) in [6.07, 6.45) is 1.79. The highest BCUT2D eigenvalue weighted by atomic mass is 32.2. The molecule has 1 saturated heterocycles. The Balaban J connectivity index is 1.36. The Kier molecular flexibility index (Phi) is 11.7. The summed E-state index contributed by atoms with van der Waals surface area (Å²) in [6, 6.07) is -0.0112. The molecule has 1 unspecified atom stereocenters. The van der Waals surface area contributed by atoms with Gasteiger partial charge in [-0.3, -0.25) is 29.1 Å². The van der Waals surface area contributed by atoms with E-state index in [1.54, 1.807) is 18.3 Å². The minimum Gasteiger partial charge on any atom is -0.477 e. The number of β-lactam (4-membered cyclic amide) rings is 1. The van der Waals surface area contributed by atoms with Crippen molar-refractivity contribution in [3.05, 3.63) is 45.4 Å². The highest BCUT2D eigenvalue weighted by molar-refractivity contribution is 8.06. The van der Waals surface area contributed by atoms with Gasteiger partial charge >= 0.3 is 5.97 Å². The minimum absolute atomic E-state index is 0.0211. The third-order valence-corrected chi connectivity index (χ3v) is 10.6. The second kappa shape index (κ2) is 15.5. The van der Waals surface area contributed by atoms with Crippen LogP contribution in [0.3, 0.4) is 0 Å². The number of carbonyl (C=O) groups excluding carboxylic acids is 4. The van der Waals surface area contributed by atoms with E-state index in [1.165, 1.54) is 35.3 Å². The Morgan fingerprint density at radius 3 is 2.71 bits per heavy atom. The van der Waals surface area contributed by atoms with E-state index in [4.69, 9.17) is 17.2 Å². The summed E-state index contributed by atoms with van der Waals surface area (Å²) in [5, 5.41) is 17.3. The van der Waals surface area contributed by atoms with E-state index in [2.05, 4.69) is 30.2 Å². The molecule has 4 amide bonds. The van der Waals surface area contributed by atoms with Crippen LogP contribution in [0, 0.1) is 4.91 Å². The topological polar surface area (TPSA) is 279 Å². The zero-order chi connectivity index (χ0) is 32.7. The predicted octanol–water partition coefficient (Wildman–Crippen LogP) is -0.247. The Labute approximate surface area is 272 Å². The number of nitrogens with zero attached hydrogens (tertiary/aromatic N) is 5. The zero-order valence-electron chi connectivity index (χ0n) is 23.3. The van der Waals surface area contributed by atoms with E-state index >= 15 is 0 Å². The second-order valence-electron chi connectivity index (χ2n) is 9.48. The molecule has 0 aliphatic carbocycles. The van der Waals surface area contributed by atoms with Crippen LogP contribution in [-0.2, 0) is 29.7 Å². The molecule has 4 heterocycles. The normalized spacial score (nSPS) is 18.8. The molecule has 2 aliphatic heterocycles. The minimum atomic E-state index is -1.61. The lowest BCUT2D eigenvalue weighted by molar-refractivity contribution is -0.150. The molecule has 2 aromatic rings. The number of nitrogens with one attached hydrogen (secondary N) is 2. The van der Waals surface area contributed by atoms with Crippen LogP contribution in [-0.4, -0.2) is 89.5 Å². The van der Waals surface area contributed by atoms with Crippen LogP contribution in [0.25, 0.3) is 0 Å². The fourth-order valence-corrected chi connectivity index (χ4v) is 8.14. The van der Waals surface area contributed by atoms with E-state index in [1.807, 2.05) is 0 Å². The summed E-state index contributed by atoms with van der Waals surface area (Å²) in [7, 11) is 0. The SMILES string of the molecule is NC(=O)CC[C@H](N)C(=O)NCCSCc1ncccc1SC1=C(C(=O)O)N2C(=O)[C@@H](NC(=O)C(N=O)c3nsc(N)n3)[C@@H]2SC1. The van der Waals surface area contributed by atoms with Crippen molar-refractivity contribution in [1.82, 2.24) is 29.9 Å². The first-order valence-corrected chi connectivity index (χ1v) is 16.9. The fourth-order valence-electron chi connectivity index (χ4n) is 4.20. The average Bonchev–Trinajstić information content (AvgIpc) is 3.44. The van der Waals surface area contributed by atoms with E-state index in [9.17, 15) is 34.0 Å². The van der Waals surface area contributed by atoms with Crippen molar-refractivity contribution in [2.75, 3.05) is 23.8 Å². The third-order valence-electron chi connectivity index (χ3n) is 6.39. The summed E-state index contributed by atoms with van der Waals surface area (Å²) >= 11 is 4.73. The van der Waals surface area contributed by atoms with Crippen molar-refractivity contribution in [2.45, 2.75) is 47.0 Å². The molecule has 0 spiro atoms. The highest BCUT2D eigenvalue weighted by Gasteiger charge is 2.55. The van der Waals surface area contributed by atoms with Gasteiger partial charge in [0, 0.05) is 57.8 Å². The lowest BCUT2D eigenvalue weighted by Gasteiger charge is -2.49. The van der Waals surface area contributed by atoms with Crippen molar-refractivity contribution in [3.63, 3.8) is 0 Å². The van der Waals surface area contributed by atoms with Gasteiger partial charge in [0.1, 0.15) is 17.1 Å². The first kappa shape index (κ1) is 34.1. The van der Waals surface area contributed by atoms with Crippen molar-refractivity contribution in [2.24, 2.45) is 16.6 Å². The molecular weight excluding hydrogens is 669 g/mol. The van der Waals surface area contributed by atoms with Crippen LogP contribution in [0.15, 0.2) is 39.0 Å². The number of fused-ring (bicyclic) bond motifs is 1. The molecule has 0 saturated carbocycles. The van der Waals surface area contributed by atoms with E-state index < -0.39 is 47.2 Å². The van der Waals surface area contributed by atoms with Crippen LogP contribution >= 0.6 is 46.8 Å². The fraction of sp³-hybridized carbons (Fsp3) is 0.417. The van der Waals surface area contributed by atoms with Crippen molar-refractivity contribution < 1.29 is 29.1 Å². The summed E-state index contributed by atoms with van der Waals surface area (Å²) in [6.45, 7) is 0.336. The number of carbonyl (C=O) groups is 5. The maximum Gasteiger partial charge on any atom is 0.353 e. The van der Waals surface area contributed by atoms with Crippen molar-refractivity contribution >= 4 is 81.5 Å². The van der Waals surface area contributed by atoms with Gasteiger partial charge in [-0.1, -0.05) is 11.8 Å². The van der Waals surface area contributed by atoms with Gasteiger partial charge in [0.25, 0.3) is 11.8 Å². The van der Waals surface area contributed by atoms with Crippen LogP contribution in [0.4, 0.5) is 5.13 Å². The third kappa shape index (κ3) is 8.28. The molecule has 4 atom stereocenters. The van der Waals surface area contributed by atoms with Crippen LogP contribution in [0.1, 0.15) is 30.4 Å². The quantitative estimate of drug-likeness (QED) is 0.0750. The Hall–Kier alpha value is -3.79. The number of thioether (sulfide) groups is 3. The smallest absolute Gasteiger partial charge is 0.353 e.